The zero-order chi connectivity index (χ0) is 55.3. The van der Waals surface area contributed by atoms with Gasteiger partial charge in [0.2, 0.25) is 35.9 Å². The summed E-state index contributed by atoms with van der Waals surface area (Å²) in [6.07, 6.45) is 46.9. The summed E-state index contributed by atoms with van der Waals surface area (Å²) in [6.45, 7) is 10.4. The van der Waals surface area contributed by atoms with Crippen LogP contribution in [0.5, 0.6) is 0 Å². The van der Waals surface area contributed by atoms with Gasteiger partial charge < -0.3 is 35.6 Å². The average molecular weight is 1060 g/mol. The first kappa shape index (κ1) is 71.8. The Labute approximate surface area is 462 Å². The van der Waals surface area contributed by atoms with Crippen LogP contribution in [-0.2, 0) is 28.8 Å². The molecular formula is C62H121N7O6. The van der Waals surface area contributed by atoms with E-state index >= 15 is 0 Å². The van der Waals surface area contributed by atoms with Gasteiger partial charge in [-0.1, -0.05) is 259 Å². The predicted octanol–water partition coefficient (Wildman–Crippen LogP) is 13.1. The highest BCUT2D eigenvalue weighted by Gasteiger charge is 2.28. The summed E-state index contributed by atoms with van der Waals surface area (Å²) < 4.78 is 0. The van der Waals surface area contributed by atoms with E-state index in [2.05, 4.69) is 33.0 Å². The van der Waals surface area contributed by atoms with E-state index in [4.69, 9.17) is 5.73 Å². The Hall–Kier alpha value is -3.22. The van der Waals surface area contributed by atoms with Crippen LogP contribution in [0.1, 0.15) is 285 Å². The maximum absolute atomic E-state index is 14.5. The van der Waals surface area contributed by atoms with E-state index in [1.165, 1.54) is 170 Å². The number of unbranched alkanes of at least 4 members (excludes halogenated alkanes) is 36. The summed E-state index contributed by atoms with van der Waals surface area (Å²) in [7, 11) is 1.80. The Kier molecular flexibility index (Phi) is 51.8. The standard InChI is InChI=1S/C62H121N7O6/c1-6-10-14-18-22-26-30-34-38-42-47-65(57-70)53-59(72)67(49-44-40-36-32-28-24-20-16-12-8-3)55-62(75)69(51-46-64-5)56-61(74)68(50-45-41-37-33-29-25-21-17-13-9-4)54-60(73)66(52-58(63)71)48-43-39-35-31-27-23-19-15-11-7-2/h57,64H,6-56H2,1-5H3,(H2,63,71). The average Bonchev–Trinajstić information content (AvgIpc) is 3.40. The highest BCUT2D eigenvalue weighted by atomic mass is 16.2. The number of hydrogen-bond donors (Lipinski definition) is 2. The molecule has 13 heteroatoms. The van der Waals surface area contributed by atoms with Crippen LogP contribution in [-0.4, -0.2) is 139 Å². The fourth-order valence-corrected chi connectivity index (χ4v) is 10.0. The van der Waals surface area contributed by atoms with E-state index in [1.807, 2.05) is 0 Å². The number of carbonyl (C=O) groups is 6. The van der Waals surface area contributed by atoms with Crippen molar-refractivity contribution in [2.24, 2.45) is 5.73 Å². The lowest BCUT2D eigenvalue weighted by atomic mass is 10.1. The molecular weight excluding hydrogens is 939 g/mol. The first-order valence-corrected chi connectivity index (χ1v) is 31.8. The van der Waals surface area contributed by atoms with Crippen molar-refractivity contribution in [1.29, 1.82) is 0 Å². The molecule has 0 fully saturated rings. The third-order valence-electron chi connectivity index (χ3n) is 15.0. The molecule has 0 spiro atoms. The Morgan fingerprint density at radius 1 is 0.320 bits per heavy atom. The van der Waals surface area contributed by atoms with E-state index < -0.39 is 5.91 Å². The van der Waals surface area contributed by atoms with E-state index in [-0.39, 0.29) is 62.9 Å². The molecule has 0 aromatic heterocycles. The lowest BCUT2D eigenvalue weighted by Crippen LogP contribution is -2.52. The molecule has 3 N–H and O–H groups in total. The number of hydrogen-bond acceptors (Lipinski definition) is 7. The van der Waals surface area contributed by atoms with E-state index in [0.29, 0.717) is 32.7 Å². The van der Waals surface area contributed by atoms with Crippen LogP contribution in [0.2, 0.25) is 0 Å². The monoisotopic (exact) mass is 1060 g/mol. The number of nitrogens with one attached hydrogen (secondary N) is 1. The first-order valence-electron chi connectivity index (χ1n) is 31.8. The second-order valence-corrected chi connectivity index (χ2v) is 22.1. The maximum Gasteiger partial charge on any atom is 0.242 e. The van der Waals surface area contributed by atoms with Crippen molar-refractivity contribution >= 4 is 35.9 Å². The Balaban J connectivity index is 6.08. The molecule has 0 saturated heterocycles. The Morgan fingerprint density at radius 3 is 0.800 bits per heavy atom. The predicted molar refractivity (Wildman–Crippen MR) is 314 cm³/mol. The van der Waals surface area contributed by atoms with Crippen molar-refractivity contribution in [2.75, 3.05) is 79.0 Å². The van der Waals surface area contributed by atoms with Gasteiger partial charge >= 0.3 is 0 Å². The summed E-state index contributed by atoms with van der Waals surface area (Å²) in [4.78, 5) is 89.3. The lowest BCUT2D eigenvalue weighted by Gasteiger charge is -2.31. The van der Waals surface area contributed by atoms with Crippen molar-refractivity contribution in [2.45, 2.75) is 285 Å². The first-order chi connectivity index (χ1) is 36.6. The van der Waals surface area contributed by atoms with Crippen LogP contribution < -0.4 is 11.1 Å². The van der Waals surface area contributed by atoms with Crippen LogP contribution >= 0.6 is 0 Å². The highest BCUT2D eigenvalue weighted by molar-refractivity contribution is 5.91. The van der Waals surface area contributed by atoms with E-state index in [0.717, 1.165) is 103 Å². The summed E-state index contributed by atoms with van der Waals surface area (Å²) in [5.41, 5.74) is 5.68. The molecule has 440 valence electrons. The molecule has 0 aliphatic heterocycles. The van der Waals surface area contributed by atoms with Crippen molar-refractivity contribution < 1.29 is 28.8 Å². The zero-order valence-electron chi connectivity index (χ0n) is 49.9. The van der Waals surface area contributed by atoms with Crippen molar-refractivity contribution in [1.82, 2.24) is 29.8 Å². The van der Waals surface area contributed by atoms with Crippen molar-refractivity contribution in [3.8, 4) is 0 Å². The molecule has 0 radical (unpaired) electrons. The van der Waals surface area contributed by atoms with Gasteiger partial charge in [-0.15, -0.1) is 0 Å². The highest BCUT2D eigenvalue weighted by Crippen LogP contribution is 2.16. The number of rotatable bonds is 58. The van der Waals surface area contributed by atoms with Gasteiger partial charge in [0, 0.05) is 39.3 Å². The molecule has 6 amide bonds. The third-order valence-corrected chi connectivity index (χ3v) is 15.0. The Bertz CT molecular complexity index is 1370. The molecule has 0 rings (SSSR count). The lowest BCUT2D eigenvalue weighted by molar-refractivity contribution is -0.147. The summed E-state index contributed by atoms with van der Waals surface area (Å²) >= 11 is 0. The second-order valence-electron chi connectivity index (χ2n) is 22.1. The van der Waals surface area contributed by atoms with Gasteiger partial charge in [0.25, 0.3) is 0 Å². The molecule has 0 bridgehead atoms. The van der Waals surface area contributed by atoms with Gasteiger partial charge in [-0.05, 0) is 32.7 Å². The molecule has 0 unspecified atom stereocenters. The number of carbonyl (C=O) groups excluding carboxylic acids is 6. The van der Waals surface area contributed by atoms with E-state index in [1.54, 1.807) is 21.7 Å². The van der Waals surface area contributed by atoms with Crippen LogP contribution in [0, 0.1) is 0 Å². The number of nitrogens with zero attached hydrogens (tertiary/aromatic N) is 5. The SMILES string of the molecule is CCCCCCCCCCCCN(C=O)CC(=O)N(CCCCCCCCCCCC)CC(=O)N(CCNC)CC(=O)N(CCCCCCCCCCCC)CC(=O)N(CCCCCCCCCCCC)CC(N)=O. The minimum atomic E-state index is -0.584. The van der Waals surface area contributed by atoms with Crippen molar-refractivity contribution in [3.63, 3.8) is 0 Å². The van der Waals surface area contributed by atoms with E-state index in [9.17, 15) is 28.8 Å². The minimum Gasteiger partial charge on any atom is -0.368 e. The minimum absolute atomic E-state index is 0.0862. The molecule has 0 aliphatic rings. The quantitative estimate of drug-likeness (QED) is 0.0453. The summed E-state index contributed by atoms with van der Waals surface area (Å²) in [6, 6.07) is 0. The van der Waals surface area contributed by atoms with Gasteiger partial charge in [-0.2, -0.15) is 0 Å². The molecule has 0 aromatic carbocycles. The normalized spacial score (nSPS) is 11.2. The topological polar surface area (TPSA) is 157 Å². The van der Waals surface area contributed by atoms with Gasteiger partial charge in [0.05, 0.1) is 32.7 Å². The number of nitrogens with two attached hydrogens (primary N) is 1. The third kappa shape index (κ3) is 44.5. The van der Waals surface area contributed by atoms with Crippen LogP contribution in [0.4, 0.5) is 0 Å². The second kappa shape index (κ2) is 54.1. The zero-order valence-corrected chi connectivity index (χ0v) is 49.9. The summed E-state index contributed by atoms with van der Waals surface area (Å²) in [5.74, 6) is -1.84. The smallest absolute Gasteiger partial charge is 0.242 e. The fourth-order valence-electron chi connectivity index (χ4n) is 10.0. The molecule has 0 heterocycles. The summed E-state index contributed by atoms with van der Waals surface area (Å²) in [5, 5.41) is 3.12. The molecule has 0 aliphatic carbocycles. The maximum atomic E-state index is 14.5. The van der Waals surface area contributed by atoms with Gasteiger partial charge in [0.1, 0.15) is 0 Å². The Morgan fingerprint density at radius 2 is 0.547 bits per heavy atom. The van der Waals surface area contributed by atoms with Gasteiger partial charge in [-0.3, -0.25) is 28.8 Å². The van der Waals surface area contributed by atoms with Crippen LogP contribution in [0.3, 0.4) is 0 Å². The number of likely N-dealkylation sites (N-methyl/N-ethyl adjacent to an activating group) is 1. The fraction of sp³-hybridized carbons (Fsp3) is 0.903. The van der Waals surface area contributed by atoms with Gasteiger partial charge in [-0.25, -0.2) is 0 Å². The largest absolute Gasteiger partial charge is 0.368 e. The molecule has 0 aromatic rings. The van der Waals surface area contributed by atoms with Crippen molar-refractivity contribution in [3.05, 3.63) is 0 Å². The number of amides is 6. The molecule has 13 nitrogen and oxygen atoms in total. The number of primary amides is 1. The molecule has 0 saturated carbocycles. The molecule has 75 heavy (non-hydrogen) atoms. The molecule has 0 atom stereocenters. The van der Waals surface area contributed by atoms with Gasteiger partial charge in [0.15, 0.2) is 0 Å². The van der Waals surface area contributed by atoms with Crippen LogP contribution in [0.15, 0.2) is 0 Å². The van der Waals surface area contributed by atoms with Crippen LogP contribution in [0.25, 0.3) is 0 Å².